The van der Waals surface area contributed by atoms with Crippen LogP contribution in [0.1, 0.15) is 24.3 Å². The minimum atomic E-state index is -3.37. The van der Waals surface area contributed by atoms with Gasteiger partial charge in [0.1, 0.15) is 5.76 Å². The van der Waals surface area contributed by atoms with Gasteiger partial charge in [-0.3, -0.25) is 0 Å². The van der Waals surface area contributed by atoms with E-state index >= 15 is 0 Å². The molecule has 1 atom stereocenters. The smallest absolute Gasteiger partial charge is 0.216 e. The molecule has 0 spiro atoms. The molecule has 1 aromatic carbocycles. The summed E-state index contributed by atoms with van der Waals surface area (Å²) in [5, 5.41) is 0. The molecule has 1 aromatic heterocycles. The molecule has 0 aliphatic carbocycles. The summed E-state index contributed by atoms with van der Waals surface area (Å²) in [6.45, 7) is 1.75. The minimum Gasteiger partial charge on any atom is -0.468 e. The van der Waals surface area contributed by atoms with Crippen LogP contribution >= 0.6 is 0 Å². The fraction of sp³-hybridized carbons (Fsp3) is 0.231. The van der Waals surface area contributed by atoms with Crippen LogP contribution in [0.4, 0.5) is 0 Å². The molecule has 0 fully saturated rings. The highest BCUT2D eigenvalue weighted by Gasteiger charge is 2.17. The summed E-state index contributed by atoms with van der Waals surface area (Å²) in [6.07, 6.45) is 1.53. The van der Waals surface area contributed by atoms with Crippen LogP contribution in [0, 0.1) is 0 Å². The van der Waals surface area contributed by atoms with E-state index < -0.39 is 10.0 Å². The molecule has 0 amide bonds. The molecule has 1 heterocycles. The number of furan rings is 1. The third-order valence-electron chi connectivity index (χ3n) is 2.53. The Morgan fingerprint density at radius 1 is 1.17 bits per heavy atom. The van der Waals surface area contributed by atoms with Gasteiger partial charge in [0.2, 0.25) is 10.0 Å². The van der Waals surface area contributed by atoms with Crippen LogP contribution in [0.15, 0.2) is 53.1 Å². The maximum atomic E-state index is 12.0. The Morgan fingerprint density at radius 3 is 2.50 bits per heavy atom. The SMILES string of the molecule is CC(NS(=O)(=O)Cc1ccccc1)c1ccco1. The van der Waals surface area contributed by atoms with E-state index in [1.807, 2.05) is 18.2 Å². The summed E-state index contributed by atoms with van der Waals surface area (Å²) in [7, 11) is -3.37. The Kier molecular flexibility index (Phi) is 3.84. The summed E-state index contributed by atoms with van der Waals surface area (Å²) < 4.78 is 31.7. The molecule has 0 aliphatic heterocycles. The predicted octanol–water partition coefficient (Wildman–Crippen LogP) is 2.46. The number of sulfonamides is 1. The van der Waals surface area contributed by atoms with Crippen molar-refractivity contribution in [3.63, 3.8) is 0 Å². The molecular formula is C13H15NO3S. The van der Waals surface area contributed by atoms with Gasteiger partial charge in [-0.05, 0) is 24.6 Å². The number of benzene rings is 1. The second-order valence-corrected chi connectivity index (χ2v) is 5.85. The molecule has 0 saturated heterocycles. The highest BCUT2D eigenvalue weighted by atomic mass is 32.2. The Balaban J connectivity index is 2.04. The molecule has 4 nitrogen and oxygen atoms in total. The first-order valence-electron chi connectivity index (χ1n) is 5.64. The second-order valence-electron chi connectivity index (χ2n) is 4.10. The molecule has 1 unspecified atom stereocenters. The molecular weight excluding hydrogens is 250 g/mol. The Bertz CT molecular complexity index is 576. The third kappa shape index (κ3) is 3.45. The van der Waals surface area contributed by atoms with Gasteiger partial charge < -0.3 is 4.42 Å². The van der Waals surface area contributed by atoms with Gasteiger partial charge >= 0.3 is 0 Å². The largest absolute Gasteiger partial charge is 0.468 e. The van der Waals surface area contributed by atoms with E-state index in [1.54, 1.807) is 31.2 Å². The molecule has 5 heteroatoms. The summed E-state index contributed by atoms with van der Waals surface area (Å²) in [5.41, 5.74) is 0.761. The molecule has 18 heavy (non-hydrogen) atoms. The van der Waals surface area contributed by atoms with Gasteiger partial charge in [-0.2, -0.15) is 0 Å². The Labute approximate surface area is 107 Å². The van der Waals surface area contributed by atoms with E-state index in [9.17, 15) is 8.42 Å². The highest BCUT2D eigenvalue weighted by Crippen LogP contribution is 2.15. The van der Waals surface area contributed by atoms with Crippen molar-refractivity contribution < 1.29 is 12.8 Å². The number of hydrogen-bond acceptors (Lipinski definition) is 3. The van der Waals surface area contributed by atoms with Crippen molar-refractivity contribution in [3.05, 3.63) is 60.1 Å². The normalized spacial score (nSPS) is 13.4. The van der Waals surface area contributed by atoms with Crippen LogP contribution in [-0.4, -0.2) is 8.42 Å². The maximum Gasteiger partial charge on any atom is 0.216 e. The van der Waals surface area contributed by atoms with Gasteiger partial charge in [0.15, 0.2) is 0 Å². The van der Waals surface area contributed by atoms with Gasteiger partial charge in [-0.25, -0.2) is 13.1 Å². The first-order chi connectivity index (χ1) is 8.57. The molecule has 96 valence electrons. The fourth-order valence-corrected chi connectivity index (χ4v) is 3.07. The van der Waals surface area contributed by atoms with Crippen molar-refractivity contribution >= 4 is 10.0 Å². The molecule has 1 N–H and O–H groups in total. The lowest BCUT2D eigenvalue weighted by molar-refractivity contribution is 0.459. The molecule has 2 rings (SSSR count). The van der Waals surface area contributed by atoms with Gasteiger partial charge in [0, 0.05) is 0 Å². The monoisotopic (exact) mass is 265 g/mol. The standard InChI is InChI=1S/C13H15NO3S/c1-11(13-8-5-9-17-13)14-18(15,16)10-12-6-3-2-4-7-12/h2-9,11,14H,10H2,1H3. The van der Waals surface area contributed by atoms with Crippen molar-refractivity contribution in [3.8, 4) is 0 Å². The molecule has 0 bridgehead atoms. The Morgan fingerprint density at radius 2 is 1.89 bits per heavy atom. The van der Waals surface area contributed by atoms with E-state index in [-0.39, 0.29) is 11.8 Å². The van der Waals surface area contributed by atoms with E-state index in [0.29, 0.717) is 5.76 Å². The van der Waals surface area contributed by atoms with E-state index in [2.05, 4.69) is 4.72 Å². The zero-order chi connectivity index (χ0) is 13.0. The average molecular weight is 265 g/mol. The number of rotatable bonds is 5. The lowest BCUT2D eigenvalue weighted by Gasteiger charge is -2.11. The van der Waals surface area contributed by atoms with E-state index in [0.717, 1.165) is 5.56 Å². The first-order valence-corrected chi connectivity index (χ1v) is 7.29. The van der Waals surface area contributed by atoms with Crippen LogP contribution < -0.4 is 4.72 Å². The van der Waals surface area contributed by atoms with Gasteiger partial charge in [0.05, 0.1) is 18.1 Å². The Hall–Kier alpha value is -1.59. The van der Waals surface area contributed by atoms with Crippen LogP contribution in [0.5, 0.6) is 0 Å². The lowest BCUT2D eigenvalue weighted by Crippen LogP contribution is -2.27. The number of hydrogen-bond donors (Lipinski definition) is 1. The van der Waals surface area contributed by atoms with Crippen LogP contribution in [0.2, 0.25) is 0 Å². The average Bonchev–Trinajstić information content (AvgIpc) is 2.82. The predicted molar refractivity (Wildman–Crippen MR) is 69.3 cm³/mol. The van der Waals surface area contributed by atoms with Crippen molar-refractivity contribution in [1.29, 1.82) is 0 Å². The summed E-state index contributed by atoms with van der Waals surface area (Å²) in [5.74, 6) is 0.574. The van der Waals surface area contributed by atoms with E-state index in [1.165, 1.54) is 6.26 Å². The van der Waals surface area contributed by atoms with Crippen LogP contribution in [0.25, 0.3) is 0 Å². The first kappa shape index (κ1) is 12.9. The van der Waals surface area contributed by atoms with Gasteiger partial charge in [-0.15, -0.1) is 0 Å². The second kappa shape index (κ2) is 5.37. The van der Waals surface area contributed by atoms with Crippen molar-refractivity contribution in [2.75, 3.05) is 0 Å². The summed E-state index contributed by atoms with van der Waals surface area (Å²) >= 11 is 0. The number of nitrogens with one attached hydrogen (secondary N) is 1. The van der Waals surface area contributed by atoms with Crippen molar-refractivity contribution in [2.24, 2.45) is 0 Å². The highest BCUT2D eigenvalue weighted by molar-refractivity contribution is 7.88. The zero-order valence-corrected chi connectivity index (χ0v) is 10.9. The quantitative estimate of drug-likeness (QED) is 0.903. The topological polar surface area (TPSA) is 59.3 Å². The van der Waals surface area contributed by atoms with Crippen LogP contribution in [-0.2, 0) is 15.8 Å². The zero-order valence-electron chi connectivity index (χ0n) is 10.0. The summed E-state index contributed by atoms with van der Waals surface area (Å²) in [6, 6.07) is 12.2. The molecule has 0 radical (unpaired) electrons. The third-order valence-corrected chi connectivity index (χ3v) is 3.95. The van der Waals surface area contributed by atoms with E-state index in [4.69, 9.17) is 4.42 Å². The molecule has 2 aromatic rings. The lowest BCUT2D eigenvalue weighted by atomic mass is 10.2. The molecule has 0 aliphatic rings. The van der Waals surface area contributed by atoms with Crippen LogP contribution in [0.3, 0.4) is 0 Å². The fourth-order valence-electron chi connectivity index (χ4n) is 1.70. The summed E-state index contributed by atoms with van der Waals surface area (Å²) in [4.78, 5) is 0. The van der Waals surface area contributed by atoms with Crippen molar-refractivity contribution in [2.45, 2.75) is 18.7 Å². The minimum absolute atomic E-state index is 0.0289. The van der Waals surface area contributed by atoms with Gasteiger partial charge in [0.25, 0.3) is 0 Å². The van der Waals surface area contributed by atoms with Gasteiger partial charge in [-0.1, -0.05) is 30.3 Å². The maximum absolute atomic E-state index is 12.0. The van der Waals surface area contributed by atoms with Crippen molar-refractivity contribution in [1.82, 2.24) is 4.72 Å². The molecule has 0 saturated carbocycles.